The quantitative estimate of drug-likeness (QED) is 0.838. The average molecular weight is 346 g/mol. The van der Waals surface area contributed by atoms with Crippen LogP contribution in [0.15, 0.2) is 24.3 Å². The van der Waals surface area contributed by atoms with Crippen LogP contribution in [0.1, 0.15) is 30.7 Å². The van der Waals surface area contributed by atoms with Crippen molar-refractivity contribution in [2.75, 3.05) is 32.8 Å². The Kier molecular flexibility index (Phi) is 4.46. The van der Waals surface area contributed by atoms with Gasteiger partial charge in [-0.15, -0.1) is 0 Å². The van der Waals surface area contributed by atoms with E-state index >= 15 is 0 Å². The first-order valence-corrected chi connectivity index (χ1v) is 9.07. The number of carbonyl (C=O) groups excluding carboxylic acids is 2. The van der Waals surface area contributed by atoms with Crippen molar-refractivity contribution in [1.29, 1.82) is 0 Å². The standard InChI is InChI=1S/C19H23FN2O3/c20-14-4-1-3-13(11-14)15-12-16(15)18(23)22-6-2-5-17(22)19(24)21-7-9-25-10-8-21/h1,3-4,11,15-17H,2,5-10,12H2/t15-,16+,17-/m0/s1. The fraction of sp³-hybridized carbons (Fsp3) is 0.579. The van der Waals surface area contributed by atoms with Crippen LogP contribution in [0.25, 0.3) is 0 Å². The van der Waals surface area contributed by atoms with Crippen molar-refractivity contribution in [3.8, 4) is 0 Å². The molecule has 3 aliphatic rings. The fourth-order valence-corrected chi connectivity index (χ4v) is 4.07. The fourth-order valence-electron chi connectivity index (χ4n) is 4.07. The van der Waals surface area contributed by atoms with Crippen LogP contribution >= 0.6 is 0 Å². The van der Waals surface area contributed by atoms with Crippen LogP contribution in [0, 0.1) is 11.7 Å². The number of amides is 2. The lowest BCUT2D eigenvalue weighted by molar-refractivity contribution is -0.147. The highest BCUT2D eigenvalue weighted by Gasteiger charge is 2.49. The summed E-state index contributed by atoms with van der Waals surface area (Å²) in [7, 11) is 0. The molecule has 0 unspecified atom stereocenters. The number of nitrogens with zero attached hydrogens (tertiary/aromatic N) is 2. The van der Waals surface area contributed by atoms with Gasteiger partial charge in [0.2, 0.25) is 11.8 Å². The molecule has 1 saturated carbocycles. The van der Waals surface area contributed by atoms with Crippen molar-refractivity contribution in [2.24, 2.45) is 5.92 Å². The molecule has 3 fully saturated rings. The Bertz CT molecular complexity index is 674. The second kappa shape index (κ2) is 6.75. The van der Waals surface area contributed by atoms with Crippen molar-refractivity contribution >= 4 is 11.8 Å². The second-order valence-corrected chi connectivity index (χ2v) is 7.13. The van der Waals surface area contributed by atoms with Gasteiger partial charge in [-0.3, -0.25) is 9.59 Å². The van der Waals surface area contributed by atoms with E-state index < -0.39 is 0 Å². The van der Waals surface area contributed by atoms with Gasteiger partial charge < -0.3 is 14.5 Å². The van der Waals surface area contributed by atoms with Gasteiger partial charge in [-0.2, -0.15) is 0 Å². The molecule has 0 spiro atoms. The first-order valence-electron chi connectivity index (χ1n) is 9.07. The van der Waals surface area contributed by atoms with E-state index in [1.54, 1.807) is 11.0 Å². The SMILES string of the molecule is O=C([C@@H]1CCCN1C(=O)[C@@H]1C[C@H]1c1cccc(F)c1)N1CCOCC1. The molecular weight excluding hydrogens is 323 g/mol. The van der Waals surface area contributed by atoms with Crippen LogP contribution in [0.2, 0.25) is 0 Å². The van der Waals surface area contributed by atoms with Crippen LogP contribution in [0.4, 0.5) is 4.39 Å². The Labute approximate surface area is 146 Å². The molecule has 134 valence electrons. The molecule has 2 saturated heterocycles. The van der Waals surface area contributed by atoms with E-state index in [4.69, 9.17) is 4.74 Å². The number of rotatable bonds is 3. The first-order chi connectivity index (χ1) is 12.1. The molecule has 1 aromatic rings. The van der Waals surface area contributed by atoms with Crippen molar-refractivity contribution in [1.82, 2.24) is 9.80 Å². The molecule has 25 heavy (non-hydrogen) atoms. The highest BCUT2D eigenvalue weighted by Crippen LogP contribution is 2.49. The van der Waals surface area contributed by atoms with Gasteiger partial charge in [0, 0.05) is 25.6 Å². The summed E-state index contributed by atoms with van der Waals surface area (Å²) < 4.78 is 18.7. The molecule has 2 amide bonds. The van der Waals surface area contributed by atoms with Crippen LogP contribution < -0.4 is 0 Å². The molecular formula is C19H23FN2O3. The van der Waals surface area contributed by atoms with Gasteiger partial charge in [-0.25, -0.2) is 4.39 Å². The molecule has 5 nitrogen and oxygen atoms in total. The summed E-state index contributed by atoms with van der Waals surface area (Å²) in [6.07, 6.45) is 2.35. The average Bonchev–Trinajstić information content (AvgIpc) is 3.29. The number of halogens is 1. The van der Waals surface area contributed by atoms with Gasteiger partial charge in [0.1, 0.15) is 11.9 Å². The van der Waals surface area contributed by atoms with E-state index in [-0.39, 0.29) is 35.5 Å². The molecule has 6 heteroatoms. The summed E-state index contributed by atoms with van der Waals surface area (Å²) in [5, 5.41) is 0. The summed E-state index contributed by atoms with van der Waals surface area (Å²) >= 11 is 0. The van der Waals surface area contributed by atoms with Crippen LogP contribution in [0.3, 0.4) is 0 Å². The minimum atomic E-state index is -0.334. The maximum Gasteiger partial charge on any atom is 0.245 e. The first kappa shape index (κ1) is 16.5. The number of likely N-dealkylation sites (tertiary alicyclic amines) is 1. The minimum absolute atomic E-state index is 0.0529. The predicted octanol–water partition coefficient (Wildman–Crippen LogP) is 1.78. The third-order valence-corrected chi connectivity index (χ3v) is 5.53. The number of morpholine rings is 1. The normalized spacial score (nSPS) is 28.9. The van der Waals surface area contributed by atoms with Gasteiger partial charge >= 0.3 is 0 Å². The predicted molar refractivity (Wildman–Crippen MR) is 89.4 cm³/mol. The zero-order valence-corrected chi connectivity index (χ0v) is 14.2. The largest absolute Gasteiger partial charge is 0.378 e. The molecule has 1 aromatic carbocycles. The van der Waals surface area contributed by atoms with Crippen LogP contribution in [0.5, 0.6) is 0 Å². The molecule has 2 aliphatic heterocycles. The third kappa shape index (κ3) is 3.27. The minimum Gasteiger partial charge on any atom is -0.378 e. The van der Waals surface area contributed by atoms with Crippen molar-refractivity contribution in [3.63, 3.8) is 0 Å². The molecule has 1 aliphatic carbocycles. The molecule has 2 heterocycles. The van der Waals surface area contributed by atoms with Crippen LogP contribution in [-0.2, 0) is 14.3 Å². The summed E-state index contributed by atoms with van der Waals surface area (Å²) in [6.45, 7) is 2.98. The Morgan fingerprint density at radius 1 is 1.12 bits per heavy atom. The molecule has 0 N–H and O–H groups in total. The Morgan fingerprint density at radius 3 is 2.68 bits per heavy atom. The number of benzene rings is 1. The van der Waals surface area contributed by atoms with Gasteiger partial charge in [0.15, 0.2) is 0 Å². The second-order valence-electron chi connectivity index (χ2n) is 7.13. The lowest BCUT2D eigenvalue weighted by Gasteiger charge is -2.32. The van der Waals surface area contributed by atoms with Gasteiger partial charge in [0.25, 0.3) is 0 Å². The van der Waals surface area contributed by atoms with E-state index in [1.807, 2.05) is 11.0 Å². The monoisotopic (exact) mass is 346 g/mol. The van der Waals surface area contributed by atoms with Gasteiger partial charge in [-0.1, -0.05) is 12.1 Å². The summed E-state index contributed by atoms with van der Waals surface area (Å²) in [4.78, 5) is 29.3. The van der Waals surface area contributed by atoms with E-state index in [0.717, 1.165) is 24.8 Å². The van der Waals surface area contributed by atoms with E-state index in [0.29, 0.717) is 32.8 Å². The number of hydrogen-bond acceptors (Lipinski definition) is 3. The number of carbonyl (C=O) groups is 2. The number of ether oxygens (including phenoxy) is 1. The molecule has 0 bridgehead atoms. The molecule has 0 radical (unpaired) electrons. The zero-order chi connectivity index (χ0) is 17.4. The Morgan fingerprint density at radius 2 is 1.92 bits per heavy atom. The highest BCUT2D eigenvalue weighted by atomic mass is 19.1. The lowest BCUT2D eigenvalue weighted by atomic mass is 10.1. The van der Waals surface area contributed by atoms with Crippen molar-refractivity contribution in [2.45, 2.75) is 31.2 Å². The van der Waals surface area contributed by atoms with Crippen molar-refractivity contribution < 1.29 is 18.7 Å². The Hall–Kier alpha value is -1.95. The molecule has 3 atom stereocenters. The van der Waals surface area contributed by atoms with Crippen molar-refractivity contribution in [3.05, 3.63) is 35.6 Å². The summed E-state index contributed by atoms with van der Waals surface area (Å²) in [5.41, 5.74) is 0.883. The van der Waals surface area contributed by atoms with E-state index in [9.17, 15) is 14.0 Å². The smallest absolute Gasteiger partial charge is 0.245 e. The van der Waals surface area contributed by atoms with E-state index in [2.05, 4.69) is 0 Å². The zero-order valence-electron chi connectivity index (χ0n) is 14.2. The lowest BCUT2D eigenvalue weighted by Crippen LogP contribution is -2.51. The maximum absolute atomic E-state index is 13.4. The topological polar surface area (TPSA) is 49.9 Å². The maximum atomic E-state index is 13.4. The summed E-state index contributed by atoms with van der Waals surface area (Å²) in [6, 6.07) is 6.16. The molecule has 4 rings (SSSR count). The number of hydrogen-bond donors (Lipinski definition) is 0. The van der Waals surface area contributed by atoms with E-state index in [1.165, 1.54) is 12.1 Å². The highest BCUT2D eigenvalue weighted by molar-refractivity contribution is 5.90. The Balaban J connectivity index is 1.42. The van der Waals surface area contributed by atoms with Gasteiger partial charge in [-0.05, 0) is 42.9 Å². The molecule has 0 aromatic heterocycles. The summed E-state index contributed by atoms with van der Waals surface area (Å²) in [5.74, 6) is -0.185. The van der Waals surface area contributed by atoms with Crippen LogP contribution in [-0.4, -0.2) is 60.5 Å². The van der Waals surface area contributed by atoms with Gasteiger partial charge in [0.05, 0.1) is 13.2 Å². The third-order valence-electron chi connectivity index (χ3n) is 5.53.